The van der Waals surface area contributed by atoms with E-state index in [1.807, 2.05) is 6.92 Å². The number of hydrogen-bond donors (Lipinski definition) is 1. The van der Waals surface area contributed by atoms with E-state index in [1.54, 1.807) is 18.2 Å². The van der Waals surface area contributed by atoms with Gasteiger partial charge in [0.2, 0.25) is 10.0 Å². The molecule has 1 aliphatic heterocycles. The van der Waals surface area contributed by atoms with E-state index >= 15 is 0 Å². The summed E-state index contributed by atoms with van der Waals surface area (Å²) in [7, 11) is -3.22. The highest BCUT2D eigenvalue weighted by Crippen LogP contribution is 2.27. The molecule has 1 aliphatic carbocycles. The van der Waals surface area contributed by atoms with Crippen LogP contribution in [0.3, 0.4) is 0 Å². The van der Waals surface area contributed by atoms with Crippen molar-refractivity contribution < 1.29 is 13.2 Å². The summed E-state index contributed by atoms with van der Waals surface area (Å²) in [5.41, 5.74) is 2.14. The molecule has 0 unspecified atom stereocenters. The lowest BCUT2D eigenvalue weighted by atomic mass is 9.95. The summed E-state index contributed by atoms with van der Waals surface area (Å²) in [4.78, 5) is 12.4. The summed E-state index contributed by atoms with van der Waals surface area (Å²) in [5.74, 6) is 0.147. The van der Waals surface area contributed by atoms with Gasteiger partial charge in [0.05, 0.1) is 11.4 Å². The van der Waals surface area contributed by atoms with Crippen LogP contribution in [0.2, 0.25) is 0 Å². The summed E-state index contributed by atoms with van der Waals surface area (Å²) in [5, 5.41) is 3.11. The van der Waals surface area contributed by atoms with Crippen molar-refractivity contribution in [3.63, 3.8) is 0 Å². The minimum Gasteiger partial charge on any atom is -0.349 e. The Balaban J connectivity index is 1.75. The van der Waals surface area contributed by atoms with E-state index in [0.717, 1.165) is 31.2 Å². The van der Waals surface area contributed by atoms with Gasteiger partial charge in [-0.15, -0.1) is 0 Å². The summed E-state index contributed by atoms with van der Waals surface area (Å²) in [6, 6.07) is 5.59. The molecular weight excluding hydrogens is 324 g/mol. The molecule has 1 saturated carbocycles. The second kappa shape index (κ2) is 7.13. The van der Waals surface area contributed by atoms with Gasteiger partial charge in [0.25, 0.3) is 5.91 Å². The number of aryl methyl sites for hydroxylation is 1. The molecule has 24 heavy (non-hydrogen) atoms. The van der Waals surface area contributed by atoms with Crippen LogP contribution in [-0.4, -0.2) is 32.7 Å². The van der Waals surface area contributed by atoms with E-state index in [2.05, 4.69) is 5.32 Å². The van der Waals surface area contributed by atoms with E-state index in [4.69, 9.17) is 0 Å². The molecule has 0 bridgehead atoms. The van der Waals surface area contributed by atoms with Crippen LogP contribution >= 0.6 is 0 Å². The number of rotatable bonds is 3. The number of hydrogen-bond acceptors (Lipinski definition) is 3. The van der Waals surface area contributed by atoms with Crippen LogP contribution in [0.1, 0.15) is 60.9 Å². The molecule has 1 amide bonds. The minimum absolute atomic E-state index is 0.0574. The van der Waals surface area contributed by atoms with E-state index in [-0.39, 0.29) is 17.7 Å². The van der Waals surface area contributed by atoms with Gasteiger partial charge in [0, 0.05) is 18.2 Å². The van der Waals surface area contributed by atoms with Gasteiger partial charge in [0.1, 0.15) is 0 Å². The van der Waals surface area contributed by atoms with Gasteiger partial charge < -0.3 is 5.32 Å². The van der Waals surface area contributed by atoms with E-state index in [0.29, 0.717) is 17.8 Å². The second-order valence-electron chi connectivity index (χ2n) is 6.90. The first kappa shape index (κ1) is 17.3. The third-order valence-electron chi connectivity index (χ3n) is 5.02. The van der Waals surface area contributed by atoms with Crippen molar-refractivity contribution in [1.29, 1.82) is 0 Å². The number of nitrogens with zero attached hydrogens (tertiary/aromatic N) is 1. The summed E-state index contributed by atoms with van der Waals surface area (Å²) < 4.78 is 26.0. The quantitative estimate of drug-likeness (QED) is 0.911. The van der Waals surface area contributed by atoms with Gasteiger partial charge in [0.15, 0.2) is 0 Å². The van der Waals surface area contributed by atoms with Gasteiger partial charge in [-0.2, -0.15) is 0 Å². The molecule has 0 spiro atoms. The Hall–Kier alpha value is -1.56. The first-order valence-corrected chi connectivity index (χ1v) is 10.5. The average Bonchev–Trinajstić information content (AvgIpc) is 2.56. The van der Waals surface area contributed by atoms with Gasteiger partial charge in [-0.25, -0.2) is 8.42 Å². The van der Waals surface area contributed by atoms with Crippen LogP contribution in [0.25, 0.3) is 0 Å². The zero-order valence-electron chi connectivity index (χ0n) is 14.3. The molecule has 0 radical (unpaired) electrons. The van der Waals surface area contributed by atoms with Crippen molar-refractivity contribution in [2.45, 2.75) is 57.9 Å². The molecule has 1 saturated heterocycles. The molecule has 0 atom stereocenters. The maximum Gasteiger partial charge on any atom is 0.251 e. The Morgan fingerprint density at radius 3 is 2.54 bits per heavy atom. The van der Waals surface area contributed by atoms with Crippen molar-refractivity contribution >= 4 is 21.6 Å². The fourth-order valence-electron chi connectivity index (χ4n) is 3.65. The lowest BCUT2D eigenvalue weighted by Gasteiger charge is -2.29. The standard InChI is InChI=1S/C18H26N2O3S/c1-14-13-15(18(21)19-16-7-3-2-4-8-16)9-10-17(14)20-11-5-6-12-24(20,22)23/h9-10,13,16H,2-8,11-12H2,1H3,(H,19,21). The molecule has 6 heteroatoms. The van der Waals surface area contributed by atoms with Crippen LogP contribution in [-0.2, 0) is 10.0 Å². The molecule has 1 heterocycles. The molecule has 3 rings (SSSR count). The van der Waals surface area contributed by atoms with Crippen molar-refractivity contribution in [3.8, 4) is 0 Å². The second-order valence-corrected chi connectivity index (χ2v) is 8.92. The molecule has 1 aromatic rings. The fourth-order valence-corrected chi connectivity index (χ4v) is 5.35. The molecular formula is C18H26N2O3S. The summed E-state index contributed by atoms with van der Waals surface area (Å²) >= 11 is 0. The molecule has 2 aliphatic rings. The van der Waals surface area contributed by atoms with Crippen LogP contribution in [0, 0.1) is 6.92 Å². The number of nitrogens with one attached hydrogen (secondary N) is 1. The molecule has 1 aromatic carbocycles. The third kappa shape index (κ3) is 3.74. The van der Waals surface area contributed by atoms with Crippen molar-refractivity contribution in [1.82, 2.24) is 5.32 Å². The Morgan fingerprint density at radius 1 is 1.12 bits per heavy atom. The van der Waals surface area contributed by atoms with Crippen molar-refractivity contribution in [2.24, 2.45) is 0 Å². The van der Waals surface area contributed by atoms with Gasteiger partial charge >= 0.3 is 0 Å². The zero-order chi connectivity index (χ0) is 17.2. The highest BCUT2D eigenvalue weighted by molar-refractivity contribution is 7.92. The SMILES string of the molecule is Cc1cc(C(=O)NC2CCCCC2)ccc1N1CCCCS1(=O)=O. The lowest BCUT2D eigenvalue weighted by Crippen LogP contribution is -2.38. The fraction of sp³-hybridized carbons (Fsp3) is 0.611. The molecule has 2 fully saturated rings. The summed E-state index contributed by atoms with van der Waals surface area (Å²) in [6.07, 6.45) is 7.31. The predicted molar refractivity (Wildman–Crippen MR) is 95.9 cm³/mol. The Labute approximate surface area is 144 Å². The highest BCUT2D eigenvalue weighted by atomic mass is 32.2. The van der Waals surface area contributed by atoms with Gasteiger partial charge in [-0.05, 0) is 56.4 Å². The number of carbonyl (C=O) groups is 1. The number of anilines is 1. The molecule has 132 valence electrons. The van der Waals surface area contributed by atoms with Crippen LogP contribution in [0.5, 0.6) is 0 Å². The molecule has 5 nitrogen and oxygen atoms in total. The van der Waals surface area contributed by atoms with Crippen LogP contribution in [0.15, 0.2) is 18.2 Å². The minimum atomic E-state index is -3.22. The number of carbonyl (C=O) groups excluding carboxylic acids is 1. The van der Waals surface area contributed by atoms with Crippen LogP contribution in [0.4, 0.5) is 5.69 Å². The Morgan fingerprint density at radius 2 is 1.88 bits per heavy atom. The first-order chi connectivity index (χ1) is 11.5. The molecule has 0 aromatic heterocycles. The molecule has 1 N–H and O–H groups in total. The maximum absolute atomic E-state index is 12.4. The maximum atomic E-state index is 12.4. The number of sulfonamides is 1. The zero-order valence-corrected chi connectivity index (χ0v) is 15.1. The van der Waals surface area contributed by atoms with E-state index < -0.39 is 10.0 Å². The predicted octanol–water partition coefficient (Wildman–Crippen LogP) is 2.99. The van der Waals surface area contributed by atoms with E-state index in [9.17, 15) is 13.2 Å². The van der Waals surface area contributed by atoms with Crippen LogP contribution < -0.4 is 9.62 Å². The Kier molecular flexibility index (Phi) is 5.13. The first-order valence-electron chi connectivity index (χ1n) is 8.89. The lowest BCUT2D eigenvalue weighted by molar-refractivity contribution is 0.0927. The normalized spacial score (nSPS) is 21.5. The van der Waals surface area contributed by atoms with Gasteiger partial charge in [-0.1, -0.05) is 19.3 Å². The Bertz CT molecular complexity index is 709. The van der Waals surface area contributed by atoms with Crippen molar-refractivity contribution in [3.05, 3.63) is 29.3 Å². The van der Waals surface area contributed by atoms with Crippen molar-refractivity contribution in [2.75, 3.05) is 16.6 Å². The summed E-state index contributed by atoms with van der Waals surface area (Å²) in [6.45, 7) is 2.40. The largest absolute Gasteiger partial charge is 0.349 e. The average molecular weight is 350 g/mol. The topological polar surface area (TPSA) is 66.5 Å². The number of benzene rings is 1. The van der Waals surface area contributed by atoms with Gasteiger partial charge in [-0.3, -0.25) is 9.10 Å². The monoisotopic (exact) mass is 350 g/mol. The smallest absolute Gasteiger partial charge is 0.251 e. The third-order valence-corrected chi connectivity index (χ3v) is 6.87. The van der Waals surface area contributed by atoms with E-state index in [1.165, 1.54) is 23.6 Å². The highest BCUT2D eigenvalue weighted by Gasteiger charge is 2.27. The number of amides is 1.